The maximum atomic E-state index is 12.8. The number of sulfonamides is 1. The van der Waals surface area contributed by atoms with E-state index < -0.39 is 10.0 Å². The Morgan fingerprint density at radius 2 is 1.65 bits per heavy atom. The molecule has 162 valence electrons. The van der Waals surface area contributed by atoms with Gasteiger partial charge in [0.2, 0.25) is 0 Å². The Labute approximate surface area is 183 Å². The molecular weight excluding hydrogens is 412 g/mol. The van der Waals surface area contributed by atoms with E-state index >= 15 is 0 Å². The molecule has 0 unspecified atom stereocenters. The van der Waals surface area contributed by atoms with Gasteiger partial charge in [0, 0.05) is 17.7 Å². The van der Waals surface area contributed by atoms with Crippen molar-refractivity contribution >= 4 is 21.6 Å². The third-order valence-electron chi connectivity index (χ3n) is 4.87. The van der Waals surface area contributed by atoms with Crippen molar-refractivity contribution in [2.45, 2.75) is 32.2 Å². The number of carbonyl (C=O) groups excluding carboxylic acids is 1. The fourth-order valence-corrected chi connectivity index (χ4v) is 4.25. The van der Waals surface area contributed by atoms with E-state index in [-0.39, 0.29) is 10.8 Å². The smallest absolute Gasteiger partial charge is 0.261 e. The van der Waals surface area contributed by atoms with E-state index in [1.54, 1.807) is 49.4 Å². The average Bonchev–Trinajstić information content (AvgIpc) is 2.75. The zero-order valence-electron chi connectivity index (χ0n) is 17.8. The monoisotopic (exact) mass is 438 g/mol. The largest absolute Gasteiger partial charge is 0.494 e. The number of amides is 1. The molecule has 0 atom stereocenters. The molecular formula is C24H26N2O4S. The third kappa shape index (κ3) is 5.44. The average molecular weight is 439 g/mol. The van der Waals surface area contributed by atoms with Crippen LogP contribution < -0.4 is 14.8 Å². The van der Waals surface area contributed by atoms with Crippen molar-refractivity contribution in [3.8, 4) is 5.75 Å². The Hall–Kier alpha value is -3.32. The molecule has 3 aromatic carbocycles. The van der Waals surface area contributed by atoms with Crippen LogP contribution in [0.4, 0.5) is 5.69 Å². The Kier molecular flexibility index (Phi) is 6.97. The predicted octanol–water partition coefficient (Wildman–Crippen LogP) is 4.43. The number of carbonyl (C=O) groups is 1. The highest BCUT2D eigenvalue weighted by Crippen LogP contribution is 2.23. The predicted molar refractivity (Wildman–Crippen MR) is 122 cm³/mol. The van der Waals surface area contributed by atoms with E-state index in [4.69, 9.17) is 4.74 Å². The molecule has 6 nitrogen and oxygen atoms in total. The van der Waals surface area contributed by atoms with E-state index in [1.807, 2.05) is 38.1 Å². The van der Waals surface area contributed by atoms with Crippen LogP contribution in [0.15, 0.2) is 71.6 Å². The van der Waals surface area contributed by atoms with E-state index in [9.17, 15) is 13.2 Å². The molecule has 0 spiro atoms. The summed E-state index contributed by atoms with van der Waals surface area (Å²) in [5.41, 5.74) is 3.15. The maximum Gasteiger partial charge on any atom is 0.261 e. The van der Waals surface area contributed by atoms with Gasteiger partial charge in [0.25, 0.3) is 15.9 Å². The molecule has 3 aromatic rings. The van der Waals surface area contributed by atoms with Crippen molar-refractivity contribution in [3.63, 3.8) is 0 Å². The number of rotatable bonds is 8. The van der Waals surface area contributed by atoms with Crippen molar-refractivity contribution in [2.24, 2.45) is 0 Å². The van der Waals surface area contributed by atoms with Gasteiger partial charge in [-0.15, -0.1) is 0 Å². The van der Waals surface area contributed by atoms with Gasteiger partial charge < -0.3 is 10.1 Å². The molecule has 0 aromatic heterocycles. The van der Waals surface area contributed by atoms with Gasteiger partial charge in [-0.1, -0.05) is 42.0 Å². The molecule has 0 bridgehead atoms. The van der Waals surface area contributed by atoms with Gasteiger partial charge in [-0.05, 0) is 56.7 Å². The number of nitrogens with one attached hydrogen (secondary N) is 2. The van der Waals surface area contributed by atoms with Crippen molar-refractivity contribution in [3.05, 3.63) is 89.0 Å². The first-order valence-corrected chi connectivity index (χ1v) is 11.5. The normalized spacial score (nSPS) is 11.1. The fraction of sp³-hybridized carbons (Fsp3) is 0.208. The number of ether oxygens (including phenoxy) is 1. The zero-order chi connectivity index (χ0) is 22.4. The first-order valence-electron chi connectivity index (χ1n) is 10.00. The van der Waals surface area contributed by atoms with Crippen molar-refractivity contribution in [1.82, 2.24) is 5.32 Å². The number of para-hydroxylation sites is 1. The second-order valence-electron chi connectivity index (χ2n) is 7.12. The molecule has 0 heterocycles. The number of aryl methyl sites for hydroxylation is 1. The van der Waals surface area contributed by atoms with Crippen molar-refractivity contribution in [2.75, 3.05) is 11.3 Å². The molecule has 0 radical (unpaired) electrons. The minimum absolute atomic E-state index is 0.167. The molecule has 0 aliphatic carbocycles. The van der Waals surface area contributed by atoms with Crippen LogP contribution in [0.5, 0.6) is 5.75 Å². The lowest BCUT2D eigenvalue weighted by Crippen LogP contribution is -2.24. The highest BCUT2D eigenvalue weighted by Gasteiger charge is 2.18. The van der Waals surface area contributed by atoms with Crippen molar-refractivity contribution in [1.29, 1.82) is 0 Å². The molecule has 0 fully saturated rings. The van der Waals surface area contributed by atoms with Gasteiger partial charge in [0.15, 0.2) is 0 Å². The topological polar surface area (TPSA) is 84.5 Å². The molecule has 0 aliphatic heterocycles. The lowest BCUT2D eigenvalue weighted by Gasteiger charge is -2.15. The van der Waals surface area contributed by atoms with Crippen LogP contribution in [0, 0.1) is 13.8 Å². The first kappa shape index (κ1) is 22.4. The summed E-state index contributed by atoms with van der Waals surface area (Å²) >= 11 is 0. The minimum atomic E-state index is -3.76. The lowest BCUT2D eigenvalue weighted by molar-refractivity contribution is 0.0950. The van der Waals surface area contributed by atoms with Gasteiger partial charge in [0.1, 0.15) is 5.75 Å². The second kappa shape index (κ2) is 9.66. The summed E-state index contributed by atoms with van der Waals surface area (Å²) in [6.45, 7) is 6.35. The number of hydrogen-bond acceptors (Lipinski definition) is 4. The van der Waals surface area contributed by atoms with E-state index in [2.05, 4.69) is 10.0 Å². The Balaban J connectivity index is 1.77. The highest BCUT2D eigenvalue weighted by molar-refractivity contribution is 7.92. The summed E-state index contributed by atoms with van der Waals surface area (Å²) in [5.74, 6) is 0.432. The van der Waals surface area contributed by atoms with Crippen LogP contribution in [-0.4, -0.2) is 20.9 Å². The minimum Gasteiger partial charge on any atom is -0.494 e. The van der Waals surface area contributed by atoms with Gasteiger partial charge in [-0.25, -0.2) is 8.42 Å². The quantitative estimate of drug-likeness (QED) is 0.545. The summed E-state index contributed by atoms with van der Waals surface area (Å²) in [5, 5.41) is 2.89. The SMILES string of the molecule is CCOc1ccccc1CNC(=O)c1cccc(NS(=O)(=O)c2ccc(C)cc2)c1C. The summed E-state index contributed by atoms with van der Waals surface area (Å²) < 4.78 is 33.6. The second-order valence-corrected chi connectivity index (χ2v) is 8.80. The molecule has 3 rings (SSSR count). The molecule has 2 N–H and O–H groups in total. The van der Waals surface area contributed by atoms with Crippen molar-refractivity contribution < 1.29 is 17.9 Å². The molecule has 0 saturated heterocycles. The van der Waals surface area contributed by atoms with Crippen LogP contribution in [0.2, 0.25) is 0 Å². The van der Waals surface area contributed by atoms with E-state index in [0.29, 0.717) is 30.0 Å². The van der Waals surface area contributed by atoms with Gasteiger partial charge in [-0.2, -0.15) is 0 Å². The van der Waals surface area contributed by atoms with Crippen LogP contribution in [-0.2, 0) is 16.6 Å². The lowest BCUT2D eigenvalue weighted by atomic mass is 10.1. The van der Waals surface area contributed by atoms with Gasteiger partial charge in [-0.3, -0.25) is 9.52 Å². The summed E-state index contributed by atoms with van der Waals surface area (Å²) in [7, 11) is -3.76. The molecule has 0 saturated carbocycles. The first-order chi connectivity index (χ1) is 14.8. The third-order valence-corrected chi connectivity index (χ3v) is 6.25. The molecule has 7 heteroatoms. The molecule has 1 amide bonds. The number of hydrogen-bond donors (Lipinski definition) is 2. The number of anilines is 1. The Morgan fingerprint density at radius 3 is 2.35 bits per heavy atom. The summed E-state index contributed by atoms with van der Waals surface area (Å²) in [6, 6.07) is 19.1. The standard InChI is InChI=1S/C24H26N2O4S/c1-4-30-23-11-6-5-8-19(23)16-25-24(27)21-9-7-10-22(18(21)3)26-31(28,29)20-14-12-17(2)13-15-20/h5-15,26H,4,16H2,1-3H3,(H,25,27). The van der Waals surface area contributed by atoms with Crippen LogP contribution in [0.3, 0.4) is 0 Å². The summed E-state index contributed by atoms with van der Waals surface area (Å²) in [4.78, 5) is 13.0. The zero-order valence-corrected chi connectivity index (χ0v) is 18.6. The van der Waals surface area contributed by atoms with E-state index in [0.717, 1.165) is 16.9 Å². The van der Waals surface area contributed by atoms with E-state index in [1.165, 1.54) is 0 Å². The maximum absolute atomic E-state index is 12.8. The van der Waals surface area contributed by atoms with Gasteiger partial charge in [0.05, 0.1) is 17.2 Å². The Morgan fingerprint density at radius 1 is 0.935 bits per heavy atom. The summed E-state index contributed by atoms with van der Waals surface area (Å²) in [6.07, 6.45) is 0. The van der Waals surface area contributed by atoms with Crippen LogP contribution in [0.25, 0.3) is 0 Å². The Bertz CT molecular complexity index is 1170. The van der Waals surface area contributed by atoms with Crippen LogP contribution in [0.1, 0.15) is 34.0 Å². The molecule has 31 heavy (non-hydrogen) atoms. The molecule has 0 aliphatic rings. The number of benzene rings is 3. The highest BCUT2D eigenvalue weighted by atomic mass is 32.2. The van der Waals surface area contributed by atoms with Crippen LogP contribution >= 0.6 is 0 Å². The van der Waals surface area contributed by atoms with Gasteiger partial charge >= 0.3 is 0 Å². The fourth-order valence-electron chi connectivity index (χ4n) is 3.13.